The SMILES string of the molecule is COc1ccc(CCC(=O)NCCc2c[nH]c3cc(F)ccc23)cc1OC. The number of H-pyrrole nitrogens is 1. The highest BCUT2D eigenvalue weighted by Gasteiger charge is 2.08. The zero-order valence-corrected chi connectivity index (χ0v) is 15.5. The molecule has 1 heterocycles. The number of fused-ring (bicyclic) bond motifs is 1. The summed E-state index contributed by atoms with van der Waals surface area (Å²) in [4.78, 5) is 15.2. The van der Waals surface area contributed by atoms with Gasteiger partial charge in [-0.05, 0) is 54.3 Å². The van der Waals surface area contributed by atoms with Crippen molar-refractivity contribution in [1.82, 2.24) is 10.3 Å². The number of hydrogen-bond acceptors (Lipinski definition) is 3. The first-order valence-electron chi connectivity index (χ1n) is 8.84. The first-order chi connectivity index (χ1) is 13.1. The van der Waals surface area contributed by atoms with Crippen LogP contribution in [-0.2, 0) is 17.6 Å². The molecule has 6 heteroatoms. The van der Waals surface area contributed by atoms with Gasteiger partial charge >= 0.3 is 0 Å². The van der Waals surface area contributed by atoms with Gasteiger partial charge in [-0.1, -0.05) is 6.07 Å². The molecule has 0 saturated heterocycles. The molecule has 0 atom stereocenters. The zero-order valence-electron chi connectivity index (χ0n) is 15.5. The normalized spacial score (nSPS) is 10.8. The lowest BCUT2D eigenvalue weighted by Crippen LogP contribution is -2.25. The lowest BCUT2D eigenvalue weighted by molar-refractivity contribution is -0.121. The molecule has 142 valence electrons. The van der Waals surface area contributed by atoms with Gasteiger partial charge in [0, 0.05) is 30.1 Å². The van der Waals surface area contributed by atoms with Crippen molar-refractivity contribution >= 4 is 16.8 Å². The van der Waals surface area contributed by atoms with Gasteiger partial charge < -0.3 is 19.8 Å². The molecule has 0 radical (unpaired) electrons. The molecule has 3 aromatic rings. The smallest absolute Gasteiger partial charge is 0.220 e. The first-order valence-corrected chi connectivity index (χ1v) is 8.84. The van der Waals surface area contributed by atoms with Crippen LogP contribution in [0.3, 0.4) is 0 Å². The number of nitrogens with one attached hydrogen (secondary N) is 2. The Kier molecular flexibility index (Phi) is 5.96. The Balaban J connectivity index is 1.48. The molecular weight excluding hydrogens is 347 g/mol. The molecule has 2 N–H and O–H groups in total. The Labute approximate surface area is 157 Å². The molecule has 1 aromatic heterocycles. The van der Waals surface area contributed by atoms with Crippen LogP contribution in [0.25, 0.3) is 10.9 Å². The van der Waals surface area contributed by atoms with E-state index in [4.69, 9.17) is 9.47 Å². The second kappa shape index (κ2) is 8.58. The van der Waals surface area contributed by atoms with Crippen LogP contribution in [0.2, 0.25) is 0 Å². The van der Waals surface area contributed by atoms with Crippen LogP contribution >= 0.6 is 0 Å². The average Bonchev–Trinajstić information content (AvgIpc) is 3.08. The van der Waals surface area contributed by atoms with E-state index in [2.05, 4.69) is 10.3 Å². The maximum absolute atomic E-state index is 13.2. The summed E-state index contributed by atoms with van der Waals surface area (Å²) in [6, 6.07) is 10.3. The number of rotatable bonds is 8. The topological polar surface area (TPSA) is 63.3 Å². The van der Waals surface area contributed by atoms with Crippen molar-refractivity contribution in [3.05, 3.63) is 59.5 Å². The molecule has 0 bridgehead atoms. The lowest BCUT2D eigenvalue weighted by atomic mass is 10.1. The Bertz CT molecular complexity index is 936. The molecule has 2 aromatic carbocycles. The molecule has 27 heavy (non-hydrogen) atoms. The first kappa shape index (κ1) is 18.8. The van der Waals surface area contributed by atoms with Crippen LogP contribution in [0.1, 0.15) is 17.5 Å². The molecule has 0 aliphatic heterocycles. The van der Waals surface area contributed by atoms with Crippen LogP contribution in [-0.4, -0.2) is 31.7 Å². The van der Waals surface area contributed by atoms with Gasteiger partial charge in [0.2, 0.25) is 5.91 Å². The van der Waals surface area contributed by atoms with Gasteiger partial charge in [0.25, 0.3) is 0 Å². The minimum atomic E-state index is -0.264. The van der Waals surface area contributed by atoms with E-state index in [0.29, 0.717) is 37.3 Å². The molecule has 0 saturated carbocycles. The molecule has 3 rings (SSSR count). The number of aromatic amines is 1. The summed E-state index contributed by atoms with van der Waals surface area (Å²) in [6.07, 6.45) is 3.57. The van der Waals surface area contributed by atoms with Crippen molar-refractivity contribution < 1.29 is 18.7 Å². The second-order valence-corrected chi connectivity index (χ2v) is 6.29. The van der Waals surface area contributed by atoms with Crippen LogP contribution in [0.4, 0.5) is 4.39 Å². The van der Waals surface area contributed by atoms with Crippen LogP contribution in [0.5, 0.6) is 11.5 Å². The van der Waals surface area contributed by atoms with Crippen molar-refractivity contribution in [1.29, 1.82) is 0 Å². The van der Waals surface area contributed by atoms with Gasteiger partial charge in [0.1, 0.15) is 5.82 Å². The largest absolute Gasteiger partial charge is 0.493 e. The number of methoxy groups -OCH3 is 2. The van der Waals surface area contributed by atoms with E-state index in [0.717, 1.165) is 22.0 Å². The van der Waals surface area contributed by atoms with E-state index in [1.807, 2.05) is 24.4 Å². The monoisotopic (exact) mass is 370 g/mol. The fraction of sp³-hybridized carbons (Fsp3) is 0.286. The molecule has 0 spiro atoms. The number of carbonyl (C=O) groups is 1. The summed E-state index contributed by atoms with van der Waals surface area (Å²) < 4.78 is 23.7. The number of aromatic nitrogens is 1. The summed E-state index contributed by atoms with van der Waals surface area (Å²) in [6.45, 7) is 0.537. The maximum Gasteiger partial charge on any atom is 0.220 e. The van der Waals surface area contributed by atoms with E-state index < -0.39 is 0 Å². The highest BCUT2D eigenvalue weighted by atomic mass is 19.1. The Morgan fingerprint density at radius 3 is 2.67 bits per heavy atom. The highest BCUT2D eigenvalue weighted by molar-refractivity contribution is 5.83. The van der Waals surface area contributed by atoms with Crippen molar-refractivity contribution in [2.45, 2.75) is 19.3 Å². The van der Waals surface area contributed by atoms with Gasteiger partial charge in [-0.15, -0.1) is 0 Å². The summed E-state index contributed by atoms with van der Waals surface area (Å²) >= 11 is 0. The molecule has 0 unspecified atom stereocenters. The van der Waals surface area contributed by atoms with Crippen molar-refractivity contribution in [3.63, 3.8) is 0 Å². The Morgan fingerprint density at radius 2 is 1.89 bits per heavy atom. The van der Waals surface area contributed by atoms with Gasteiger partial charge in [-0.3, -0.25) is 4.79 Å². The van der Waals surface area contributed by atoms with E-state index in [1.165, 1.54) is 12.1 Å². The standard InChI is InChI=1S/C21H23FN2O3/c1-26-19-7-3-14(11-20(19)27-2)4-8-21(25)23-10-9-15-13-24-18-12-16(22)5-6-17(15)18/h3,5-7,11-13,24H,4,8-10H2,1-2H3,(H,23,25). The highest BCUT2D eigenvalue weighted by Crippen LogP contribution is 2.28. The van der Waals surface area contributed by atoms with Crippen LogP contribution < -0.4 is 14.8 Å². The van der Waals surface area contributed by atoms with Gasteiger partial charge in [-0.25, -0.2) is 4.39 Å². The molecule has 5 nitrogen and oxygen atoms in total. The maximum atomic E-state index is 13.2. The number of aryl methyl sites for hydroxylation is 1. The second-order valence-electron chi connectivity index (χ2n) is 6.29. The van der Waals surface area contributed by atoms with Gasteiger partial charge in [-0.2, -0.15) is 0 Å². The quantitative estimate of drug-likeness (QED) is 0.637. The van der Waals surface area contributed by atoms with E-state index in [-0.39, 0.29) is 11.7 Å². The third-order valence-electron chi connectivity index (χ3n) is 4.53. The van der Waals surface area contributed by atoms with Gasteiger partial charge in [0.05, 0.1) is 14.2 Å². The van der Waals surface area contributed by atoms with Crippen molar-refractivity contribution in [2.75, 3.05) is 20.8 Å². The number of benzene rings is 2. The molecule has 0 aliphatic carbocycles. The number of ether oxygens (including phenoxy) is 2. The van der Waals surface area contributed by atoms with Crippen LogP contribution in [0.15, 0.2) is 42.6 Å². The van der Waals surface area contributed by atoms with Crippen molar-refractivity contribution in [2.24, 2.45) is 0 Å². The van der Waals surface area contributed by atoms with E-state index >= 15 is 0 Å². The average molecular weight is 370 g/mol. The predicted octanol–water partition coefficient (Wildman–Crippen LogP) is 3.62. The predicted molar refractivity (Wildman–Crippen MR) is 103 cm³/mol. The molecule has 0 fully saturated rings. The fourth-order valence-electron chi connectivity index (χ4n) is 3.08. The van der Waals surface area contributed by atoms with Crippen molar-refractivity contribution in [3.8, 4) is 11.5 Å². The third-order valence-corrected chi connectivity index (χ3v) is 4.53. The Hall–Kier alpha value is -3.02. The van der Waals surface area contributed by atoms with Gasteiger partial charge in [0.15, 0.2) is 11.5 Å². The number of halogens is 1. The summed E-state index contributed by atoms with van der Waals surface area (Å²) in [5.74, 6) is 1.06. The fourth-order valence-corrected chi connectivity index (χ4v) is 3.08. The van der Waals surface area contributed by atoms with Crippen LogP contribution in [0, 0.1) is 5.82 Å². The Morgan fingerprint density at radius 1 is 1.07 bits per heavy atom. The molecule has 0 aliphatic rings. The van der Waals surface area contributed by atoms with E-state index in [9.17, 15) is 9.18 Å². The zero-order chi connectivity index (χ0) is 19.2. The molecule has 1 amide bonds. The molecular formula is C21H23FN2O3. The minimum absolute atomic E-state index is 0.00401. The third kappa shape index (κ3) is 4.58. The summed E-state index contributed by atoms with van der Waals surface area (Å²) in [5.41, 5.74) is 2.84. The number of carbonyl (C=O) groups excluding carboxylic acids is 1. The minimum Gasteiger partial charge on any atom is -0.493 e. The number of hydrogen-bond donors (Lipinski definition) is 2. The number of amides is 1. The van der Waals surface area contributed by atoms with E-state index in [1.54, 1.807) is 20.3 Å². The summed E-state index contributed by atoms with van der Waals surface area (Å²) in [7, 11) is 3.18. The lowest BCUT2D eigenvalue weighted by Gasteiger charge is -2.09. The summed E-state index contributed by atoms with van der Waals surface area (Å²) in [5, 5.41) is 3.92.